The van der Waals surface area contributed by atoms with E-state index >= 15 is 0 Å². The van der Waals surface area contributed by atoms with Crippen LogP contribution in [0, 0.1) is 0 Å². The Morgan fingerprint density at radius 3 is 2.44 bits per heavy atom. The Balaban J connectivity index is 1.96. The Bertz CT molecular complexity index is 703. The highest BCUT2D eigenvalue weighted by molar-refractivity contribution is 6.31. The van der Waals surface area contributed by atoms with Crippen molar-refractivity contribution in [3.05, 3.63) is 70.7 Å². The summed E-state index contributed by atoms with van der Waals surface area (Å²) in [5.74, 6) is -0.619. The number of amides is 1. The number of carbonyl (C=O) groups excluding carboxylic acids is 2. The van der Waals surface area contributed by atoms with Crippen molar-refractivity contribution in [1.82, 2.24) is 5.32 Å². The molecule has 1 atom stereocenters. The van der Waals surface area contributed by atoms with E-state index in [1.54, 1.807) is 13.0 Å². The minimum Gasteiger partial charge on any atom is -0.464 e. The van der Waals surface area contributed by atoms with Crippen LogP contribution in [0.5, 0.6) is 0 Å². The van der Waals surface area contributed by atoms with Crippen LogP contribution in [0.3, 0.4) is 0 Å². The molecule has 0 aliphatic rings. The molecule has 0 bridgehead atoms. The predicted molar refractivity (Wildman–Crippen MR) is 98.5 cm³/mol. The Morgan fingerprint density at radius 2 is 1.76 bits per heavy atom. The average Bonchev–Trinajstić information content (AvgIpc) is 2.61. The van der Waals surface area contributed by atoms with Crippen LogP contribution in [0.2, 0.25) is 5.02 Å². The molecule has 0 aliphatic carbocycles. The summed E-state index contributed by atoms with van der Waals surface area (Å²) in [6.45, 7) is 2.02. The van der Waals surface area contributed by atoms with Crippen molar-refractivity contribution in [2.24, 2.45) is 0 Å². The second-order valence-electron chi connectivity index (χ2n) is 5.65. The first-order valence-corrected chi connectivity index (χ1v) is 8.71. The van der Waals surface area contributed by atoms with Crippen LogP contribution >= 0.6 is 11.6 Å². The van der Waals surface area contributed by atoms with E-state index in [1.165, 1.54) is 0 Å². The molecule has 0 spiro atoms. The van der Waals surface area contributed by atoms with E-state index < -0.39 is 12.0 Å². The quantitative estimate of drug-likeness (QED) is 0.733. The molecular formula is C20H22ClNO3. The van der Waals surface area contributed by atoms with Gasteiger partial charge in [0.2, 0.25) is 5.91 Å². The normalized spacial score (nSPS) is 11.6. The molecule has 2 aromatic carbocycles. The summed E-state index contributed by atoms with van der Waals surface area (Å²) in [5.41, 5.74) is 1.88. The molecule has 5 heteroatoms. The Kier molecular flexibility index (Phi) is 7.48. The maximum atomic E-state index is 12.3. The summed E-state index contributed by atoms with van der Waals surface area (Å²) in [6, 6.07) is 16.3. The van der Waals surface area contributed by atoms with E-state index in [1.807, 2.05) is 48.5 Å². The lowest BCUT2D eigenvalue weighted by molar-refractivity contribution is -0.147. The highest BCUT2D eigenvalue weighted by Crippen LogP contribution is 2.16. The van der Waals surface area contributed by atoms with Gasteiger partial charge in [-0.3, -0.25) is 4.79 Å². The molecule has 1 unspecified atom stereocenters. The summed E-state index contributed by atoms with van der Waals surface area (Å²) in [6.07, 6.45) is 1.18. The predicted octanol–water partition coefficient (Wildman–Crippen LogP) is 3.56. The minimum atomic E-state index is -0.693. The van der Waals surface area contributed by atoms with Gasteiger partial charge in [0.25, 0.3) is 0 Å². The standard InChI is InChI=1S/C20H22ClNO3/c1-2-25-20(24)18(14-15-8-4-3-5-9-15)22-19(23)13-12-16-10-6-7-11-17(16)21/h3-11,18H,2,12-14H2,1H3,(H,22,23). The summed E-state index contributed by atoms with van der Waals surface area (Å²) < 4.78 is 5.08. The SMILES string of the molecule is CCOC(=O)C(Cc1ccccc1)NC(=O)CCc1ccccc1Cl. The molecule has 25 heavy (non-hydrogen) atoms. The summed E-state index contributed by atoms with van der Waals surface area (Å²) in [5, 5.41) is 3.42. The molecule has 0 saturated carbocycles. The fourth-order valence-corrected chi connectivity index (χ4v) is 2.73. The fraction of sp³-hybridized carbons (Fsp3) is 0.300. The first-order valence-electron chi connectivity index (χ1n) is 8.33. The molecule has 2 rings (SSSR count). The number of halogens is 1. The fourth-order valence-electron chi connectivity index (χ4n) is 2.50. The second kappa shape index (κ2) is 9.84. The first kappa shape index (κ1) is 19.0. The Labute approximate surface area is 153 Å². The van der Waals surface area contributed by atoms with Gasteiger partial charge in [0.1, 0.15) is 6.04 Å². The minimum absolute atomic E-state index is 0.200. The van der Waals surface area contributed by atoms with Crippen molar-refractivity contribution >= 4 is 23.5 Å². The van der Waals surface area contributed by atoms with Gasteiger partial charge in [-0.1, -0.05) is 60.1 Å². The smallest absolute Gasteiger partial charge is 0.328 e. The second-order valence-corrected chi connectivity index (χ2v) is 6.06. The number of aryl methyl sites for hydroxylation is 1. The molecule has 132 valence electrons. The van der Waals surface area contributed by atoms with Crippen molar-refractivity contribution < 1.29 is 14.3 Å². The zero-order valence-electron chi connectivity index (χ0n) is 14.2. The van der Waals surface area contributed by atoms with Gasteiger partial charge < -0.3 is 10.1 Å². The summed E-state index contributed by atoms with van der Waals surface area (Å²) in [4.78, 5) is 24.4. The number of esters is 1. The lowest BCUT2D eigenvalue weighted by atomic mass is 10.1. The van der Waals surface area contributed by atoms with Crippen LogP contribution < -0.4 is 5.32 Å². The van der Waals surface area contributed by atoms with Crippen molar-refractivity contribution in [2.45, 2.75) is 32.2 Å². The van der Waals surface area contributed by atoms with E-state index in [0.29, 0.717) is 17.9 Å². The monoisotopic (exact) mass is 359 g/mol. The number of nitrogens with one attached hydrogen (secondary N) is 1. The van der Waals surface area contributed by atoms with Crippen LogP contribution in [-0.4, -0.2) is 24.5 Å². The summed E-state index contributed by atoms with van der Waals surface area (Å²) >= 11 is 6.11. The molecule has 0 radical (unpaired) electrons. The highest BCUT2D eigenvalue weighted by atomic mass is 35.5. The van der Waals surface area contributed by atoms with Crippen molar-refractivity contribution in [3.63, 3.8) is 0 Å². The van der Waals surface area contributed by atoms with Crippen molar-refractivity contribution in [3.8, 4) is 0 Å². The maximum absolute atomic E-state index is 12.3. The van der Waals surface area contributed by atoms with Crippen LogP contribution in [0.25, 0.3) is 0 Å². The van der Waals surface area contributed by atoms with Crippen molar-refractivity contribution in [1.29, 1.82) is 0 Å². The number of hydrogen-bond donors (Lipinski definition) is 1. The van der Waals surface area contributed by atoms with Gasteiger partial charge in [0.05, 0.1) is 6.61 Å². The van der Waals surface area contributed by atoms with E-state index in [0.717, 1.165) is 11.1 Å². The van der Waals surface area contributed by atoms with Crippen LogP contribution in [0.15, 0.2) is 54.6 Å². The molecule has 0 fully saturated rings. The van der Waals surface area contributed by atoms with Gasteiger partial charge in [0, 0.05) is 17.9 Å². The molecular weight excluding hydrogens is 338 g/mol. The zero-order chi connectivity index (χ0) is 18.1. The lowest BCUT2D eigenvalue weighted by Crippen LogP contribution is -2.43. The average molecular weight is 360 g/mol. The van der Waals surface area contributed by atoms with Gasteiger partial charge in [-0.05, 0) is 30.5 Å². The zero-order valence-corrected chi connectivity index (χ0v) is 15.0. The van der Waals surface area contributed by atoms with Gasteiger partial charge in [-0.2, -0.15) is 0 Å². The third-order valence-corrected chi connectivity index (χ3v) is 4.14. The lowest BCUT2D eigenvalue weighted by Gasteiger charge is -2.17. The molecule has 0 aromatic heterocycles. The topological polar surface area (TPSA) is 55.4 Å². The van der Waals surface area contributed by atoms with E-state index in [2.05, 4.69) is 5.32 Å². The molecule has 4 nitrogen and oxygen atoms in total. The molecule has 2 aromatic rings. The number of ether oxygens (including phenoxy) is 1. The third kappa shape index (κ3) is 6.24. The number of hydrogen-bond acceptors (Lipinski definition) is 3. The largest absolute Gasteiger partial charge is 0.464 e. The first-order chi connectivity index (χ1) is 12.1. The molecule has 1 amide bonds. The molecule has 0 heterocycles. The van der Waals surface area contributed by atoms with Gasteiger partial charge in [-0.25, -0.2) is 4.79 Å². The third-order valence-electron chi connectivity index (χ3n) is 3.77. The number of rotatable bonds is 8. The van der Waals surface area contributed by atoms with Crippen LogP contribution in [0.4, 0.5) is 0 Å². The maximum Gasteiger partial charge on any atom is 0.328 e. The van der Waals surface area contributed by atoms with Crippen LogP contribution in [-0.2, 0) is 27.2 Å². The highest BCUT2D eigenvalue weighted by Gasteiger charge is 2.22. The Hall–Kier alpha value is -2.33. The molecule has 0 aliphatic heterocycles. The van der Waals surface area contributed by atoms with E-state index in [-0.39, 0.29) is 18.9 Å². The van der Waals surface area contributed by atoms with Gasteiger partial charge >= 0.3 is 5.97 Å². The molecule has 0 saturated heterocycles. The van der Waals surface area contributed by atoms with E-state index in [9.17, 15) is 9.59 Å². The van der Waals surface area contributed by atoms with Crippen molar-refractivity contribution in [2.75, 3.05) is 6.61 Å². The van der Waals surface area contributed by atoms with Gasteiger partial charge in [0.15, 0.2) is 0 Å². The number of carbonyl (C=O) groups is 2. The summed E-state index contributed by atoms with van der Waals surface area (Å²) in [7, 11) is 0. The molecule has 1 N–H and O–H groups in total. The van der Waals surface area contributed by atoms with E-state index in [4.69, 9.17) is 16.3 Å². The van der Waals surface area contributed by atoms with Gasteiger partial charge in [-0.15, -0.1) is 0 Å². The number of benzene rings is 2. The Morgan fingerprint density at radius 1 is 1.08 bits per heavy atom. The van der Waals surface area contributed by atoms with Crippen LogP contribution in [0.1, 0.15) is 24.5 Å².